The van der Waals surface area contributed by atoms with Crippen molar-refractivity contribution in [2.24, 2.45) is 5.92 Å². The maximum absolute atomic E-state index is 11.2. The van der Waals surface area contributed by atoms with Gasteiger partial charge in [-0.15, -0.1) is 0 Å². The van der Waals surface area contributed by atoms with Crippen LogP contribution in [0.15, 0.2) is 12.2 Å². The van der Waals surface area contributed by atoms with Crippen molar-refractivity contribution in [3.05, 3.63) is 12.2 Å². The molecule has 2 amide bonds. The van der Waals surface area contributed by atoms with Crippen molar-refractivity contribution in [1.82, 2.24) is 10.6 Å². The average molecular weight is 214 g/mol. The Morgan fingerprint density at radius 1 is 1.40 bits per heavy atom. The van der Waals surface area contributed by atoms with Gasteiger partial charge in [-0.25, -0.2) is 4.79 Å². The van der Waals surface area contributed by atoms with E-state index in [2.05, 4.69) is 17.2 Å². The quantitative estimate of drug-likeness (QED) is 0.597. The SMILES string of the molecule is C=C(C)CNC(=O)NC(C)C(C)C(=O)O. The molecular formula is C10H18N2O3. The zero-order valence-corrected chi connectivity index (χ0v) is 9.33. The van der Waals surface area contributed by atoms with Crippen LogP contribution in [0.4, 0.5) is 4.79 Å². The highest BCUT2D eigenvalue weighted by atomic mass is 16.4. The summed E-state index contributed by atoms with van der Waals surface area (Å²) in [6, 6.07) is -0.786. The van der Waals surface area contributed by atoms with Gasteiger partial charge in [0.05, 0.1) is 5.92 Å². The minimum Gasteiger partial charge on any atom is -0.481 e. The smallest absolute Gasteiger partial charge is 0.315 e. The molecule has 5 heteroatoms. The van der Waals surface area contributed by atoms with Crippen LogP contribution in [0, 0.1) is 5.92 Å². The van der Waals surface area contributed by atoms with Crippen molar-refractivity contribution in [2.45, 2.75) is 26.8 Å². The van der Waals surface area contributed by atoms with E-state index in [9.17, 15) is 9.59 Å². The molecule has 3 N–H and O–H groups in total. The first kappa shape index (κ1) is 13.5. The molecule has 0 aromatic rings. The number of hydrogen-bond acceptors (Lipinski definition) is 2. The molecule has 0 saturated carbocycles. The van der Waals surface area contributed by atoms with E-state index < -0.39 is 17.9 Å². The number of amides is 2. The summed E-state index contributed by atoms with van der Waals surface area (Å²) in [6.07, 6.45) is 0. The Labute approximate surface area is 89.6 Å². The highest BCUT2D eigenvalue weighted by molar-refractivity contribution is 5.76. The van der Waals surface area contributed by atoms with Crippen LogP contribution >= 0.6 is 0 Å². The monoisotopic (exact) mass is 214 g/mol. The zero-order valence-electron chi connectivity index (χ0n) is 9.33. The van der Waals surface area contributed by atoms with Crippen molar-refractivity contribution in [3.8, 4) is 0 Å². The van der Waals surface area contributed by atoms with Crippen LogP contribution in [0.2, 0.25) is 0 Å². The Morgan fingerprint density at radius 2 is 1.93 bits per heavy atom. The van der Waals surface area contributed by atoms with E-state index in [0.717, 1.165) is 5.57 Å². The third kappa shape index (κ3) is 5.72. The molecule has 0 aliphatic rings. The molecule has 2 unspecified atom stereocenters. The molecule has 86 valence electrons. The lowest BCUT2D eigenvalue weighted by Gasteiger charge is -2.18. The van der Waals surface area contributed by atoms with Crippen LogP contribution in [0.3, 0.4) is 0 Å². The Hall–Kier alpha value is -1.52. The van der Waals surface area contributed by atoms with Crippen LogP contribution in [0.1, 0.15) is 20.8 Å². The second-order valence-corrected chi connectivity index (χ2v) is 3.70. The van der Waals surface area contributed by atoms with Crippen LogP contribution in [-0.4, -0.2) is 29.7 Å². The number of hydrogen-bond donors (Lipinski definition) is 3. The Bertz CT molecular complexity index is 263. The van der Waals surface area contributed by atoms with E-state index in [0.29, 0.717) is 6.54 Å². The summed E-state index contributed by atoms with van der Waals surface area (Å²) in [4.78, 5) is 21.8. The van der Waals surface area contributed by atoms with Crippen molar-refractivity contribution < 1.29 is 14.7 Å². The molecule has 0 aromatic carbocycles. The molecule has 0 spiro atoms. The van der Waals surface area contributed by atoms with Gasteiger partial charge in [0.1, 0.15) is 0 Å². The normalized spacial score (nSPS) is 13.8. The molecule has 0 aliphatic heterocycles. The number of urea groups is 1. The third-order valence-electron chi connectivity index (χ3n) is 2.05. The van der Waals surface area contributed by atoms with E-state index >= 15 is 0 Å². The summed E-state index contributed by atoms with van der Waals surface area (Å²) < 4.78 is 0. The average Bonchev–Trinajstić information content (AvgIpc) is 2.13. The van der Waals surface area contributed by atoms with Crippen molar-refractivity contribution in [3.63, 3.8) is 0 Å². The molecule has 0 bridgehead atoms. The second-order valence-electron chi connectivity index (χ2n) is 3.70. The van der Waals surface area contributed by atoms with E-state index in [1.54, 1.807) is 20.8 Å². The summed E-state index contributed by atoms with van der Waals surface area (Å²) in [5, 5.41) is 13.8. The zero-order chi connectivity index (χ0) is 12.0. The largest absolute Gasteiger partial charge is 0.481 e. The lowest BCUT2D eigenvalue weighted by molar-refractivity contribution is -0.141. The van der Waals surface area contributed by atoms with Crippen molar-refractivity contribution >= 4 is 12.0 Å². The molecule has 0 aromatic heterocycles. The number of carbonyl (C=O) groups is 2. The predicted octanol–water partition coefficient (Wildman–Crippen LogP) is 0.971. The second kappa shape index (κ2) is 6.06. The van der Waals surface area contributed by atoms with Gasteiger partial charge in [0.15, 0.2) is 0 Å². The lowest BCUT2D eigenvalue weighted by atomic mass is 10.0. The maximum atomic E-state index is 11.2. The van der Waals surface area contributed by atoms with Gasteiger partial charge >= 0.3 is 12.0 Å². The summed E-state index contributed by atoms with van der Waals surface area (Å²) in [5.41, 5.74) is 0.837. The molecule has 0 rings (SSSR count). The summed E-state index contributed by atoms with van der Waals surface area (Å²) >= 11 is 0. The molecule has 0 heterocycles. The fraction of sp³-hybridized carbons (Fsp3) is 0.600. The summed E-state index contributed by atoms with van der Waals surface area (Å²) in [5.74, 6) is -1.54. The van der Waals surface area contributed by atoms with Crippen LogP contribution in [-0.2, 0) is 4.79 Å². The topological polar surface area (TPSA) is 78.4 Å². The van der Waals surface area contributed by atoms with Gasteiger partial charge in [0.25, 0.3) is 0 Å². The number of carboxylic acid groups (broad SMARTS) is 1. The molecule has 15 heavy (non-hydrogen) atoms. The fourth-order valence-corrected chi connectivity index (χ4v) is 0.828. The molecule has 0 radical (unpaired) electrons. The first-order valence-corrected chi connectivity index (χ1v) is 4.76. The number of carbonyl (C=O) groups excluding carboxylic acids is 1. The van der Waals surface area contributed by atoms with Crippen molar-refractivity contribution in [1.29, 1.82) is 0 Å². The Balaban J connectivity index is 3.96. The van der Waals surface area contributed by atoms with Gasteiger partial charge < -0.3 is 15.7 Å². The first-order valence-electron chi connectivity index (χ1n) is 4.76. The number of aliphatic carboxylic acids is 1. The standard InChI is InChI=1S/C10H18N2O3/c1-6(2)5-11-10(15)12-8(4)7(3)9(13)14/h7-8H,1,5H2,2-4H3,(H,13,14)(H2,11,12,15). The van der Waals surface area contributed by atoms with Crippen LogP contribution < -0.4 is 10.6 Å². The summed E-state index contributed by atoms with van der Waals surface area (Å²) in [7, 11) is 0. The Kier molecular flexibility index (Phi) is 5.44. The van der Waals surface area contributed by atoms with Gasteiger partial charge in [-0.1, -0.05) is 12.2 Å². The van der Waals surface area contributed by atoms with Gasteiger partial charge in [-0.3, -0.25) is 4.79 Å². The lowest BCUT2D eigenvalue weighted by Crippen LogP contribution is -2.45. The van der Waals surface area contributed by atoms with Gasteiger partial charge in [0.2, 0.25) is 0 Å². The molecule has 2 atom stereocenters. The number of rotatable bonds is 5. The fourth-order valence-electron chi connectivity index (χ4n) is 0.828. The highest BCUT2D eigenvalue weighted by Gasteiger charge is 2.20. The van der Waals surface area contributed by atoms with Crippen LogP contribution in [0.5, 0.6) is 0 Å². The van der Waals surface area contributed by atoms with Gasteiger partial charge in [-0.2, -0.15) is 0 Å². The number of carboxylic acids is 1. The molecule has 0 saturated heterocycles. The highest BCUT2D eigenvalue weighted by Crippen LogP contribution is 2.01. The van der Waals surface area contributed by atoms with Crippen LogP contribution in [0.25, 0.3) is 0 Å². The number of nitrogens with one attached hydrogen (secondary N) is 2. The van der Waals surface area contributed by atoms with E-state index in [1.165, 1.54) is 0 Å². The van der Waals surface area contributed by atoms with E-state index in [-0.39, 0.29) is 6.03 Å². The molecule has 0 aliphatic carbocycles. The van der Waals surface area contributed by atoms with E-state index in [1.807, 2.05) is 0 Å². The summed E-state index contributed by atoms with van der Waals surface area (Å²) in [6.45, 7) is 9.02. The minimum atomic E-state index is -0.928. The maximum Gasteiger partial charge on any atom is 0.315 e. The van der Waals surface area contributed by atoms with Crippen molar-refractivity contribution in [2.75, 3.05) is 6.54 Å². The Morgan fingerprint density at radius 3 is 2.33 bits per heavy atom. The molecular weight excluding hydrogens is 196 g/mol. The molecule has 0 fully saturated rings. The first-order chi connectivity index (χ1) is 6.84. The van der Waals surface area contributed by atoms with Gasteiger partial charge in [0, 0.05) is 12.6 Å². The molecule has 5 nitrogen and oxygen atoms in total. The third-order valence-corrected chi connectivity index (χ3v) is 2.05. The van der Waals surface area contributed by atoms with Gasteiger partial charge in [-0.05, 0) is 20.8 Å². The predicted molar refractivity (Wildman–Crippen MR) is 57.6 cm³/mol. The minimum absolute atomic E-state index is 0.376. The van der Waals surface area contributed by atoms with E-state index in [4.69, 9.17) is 5.11 Å².